The van der Waals surface area contributed by atoms with Crippen LogP contribution in [0.25, 0.3) is 0 Å². The Kier molecular flexibility index (Phi) is 4.95. The molecule has 0 unspecified atom stereocenters. The van der Waals surface area contributed by atoms with E-state index in [-0.39, 0.29) is 29.5 Å². The molecule has 4 nitrogen and oxygen atoms in total. The minimum Gasteiger partial charge on any atom is -0.380 e. The van der Waals surface area contributed by atoms with Crippen molar-refractivity contribution in [2.24, 2.45) is 11.7 Å². The van der Waals surface area contributed by atoms with Crippen molar-refractivity contribution in [1.29, 1.82) is 0 Å². The van der Waals surface area contributed by atoms with Gasteiger partial charge in [0.2, 0.25) is 5.91 Å². The second kappa shape index (κ2) is 6.80. The van der Waals surface area contributed by atoms with Gasteiger partial charge in [0.05, 0.1) is 6.10 Å². The highest BCUT2D eigenvalue weighted by Gasteiger charge is 2.45. The largest absolute Gasteiger partial charge is 0.380 e. The van der Waals surface area contributed by atoms with Crippen LogP contribution < -0.4 is 11.1 Å². The molecule has 0 aliphatic heterocycles. The summed E-state index contributed by atoms with van der Waals surface area (Å²) >= 11 is 5.93. The molecule has 0 bridgehead atoms. The second-order valence-electron chi connectivity index (χ2n) is 7.02. The van der Waals surface area contributed by atoms with E-state index in [1.54, 1.807) is 7.11 Å². The molecule has 1 amide bonds. The van der Waals surface area contributed by atoms with Crippen molar-refractivity contribution in [2.75, 3.05) is 7.11 Å². The molecule has 2 fully saturated rings. The van der Waals surface area contributed by atoms with Gasteiger partial charge in [-0.2, -0.15) is 0 Å². The van der Waals surface area contributed by atoms with E-state index in [1.165, 1.54) is 5.56 Å². The Morgan fingerprint density at radius 2 is 2.04 bits per heavy atom. The van der Waals surface area contributed by atoms with E-state index in [9.17, 15) is 4.79 Å². The number of rotatable bonds is 5. The summed E-state index contributed by atoms with van der Waals surface area (Å²) in [7, 11) is 1.67. The molecule has 0 spiro atoms. The maximum atomic E-state index is 12.6. The summed E-state index contributed by atoms with van der Waals surface area (Å²) in [4.78, 5) is 12.6. The molecule has 126 valence electrons. The molecule has 0 saturated heterocycles. The van der Waals surface area contributed by atoms with Crippen LogP contribution in [0.2, 0.25) is 5.02 Å². The summed E-state index contributed by atoms with van der Waals surface area (Å²) in [5.74, 6) is 0.174. The van der Waals surface area contributed by atoms with Crippen molar-refractivity contribution < 1.29 is 9.53 Å². The quantitative estimate of drug-likeness (QED) is 0.868. The Morgan fingerprint density at radius 3 is 2.65 bits per heavy atom. The Morgan fingerprint density at radius 1 is 1.35 bits per heavy atom. The lowest BCUT2D eigenvalue weighted by atomic mass is 9.83. The Labute approximate surface area is 142 Å². The molecular weight excluding hydrogens is 312 g/mol. The molecule has 2 aliphatic carbocycles. The van der Waals surface area contributed by atoms with Gasteiger partial charge in [0.25, 0.3) is 0 Å². The van der Waals surface area contributed by atoms with E-state index in [0.717, 1.165) is 43.5 Å². The van der Waals surface area contributed by atoms with Crippen LogP contribution in [0.5, 0.6) is 0 Å². The van der Waals surface area contributed by atoms with Gasteiger partial charge in [0, 0.05) is 29.6 Å². The average molecular weight is 337 g/mol. The second-order valence-corrected chi connectivity index (χ2v) is 7.46. The van der Waals surface area contributed by atoms with E-state index in [4.69, 9.17) is 22.1 Å². The topological polar surface area (TPSA) is 64.3 Å². The highest BCUT2D eigenvalue weighted by atomic mass is 35.5. The first-order chi connectivity index (χ1) is 11.0. The zero-order chi connectivity index (χ0) is 16.4. The van der Waals surface area contributed by atoms with Crippen LogP contribution in [-0.2, 0) is 16.0 Å². The van der Waals surface area contributed by atoms with E-state index in [2.05, 4.69) is 5.32 Å². The molecular formula is C18H25ClN2O2. The third-order valence-electron chi connectivity index (χ3n) is 5.21. The van der Waals surface area contributed by atoms with Gasteiger partial charge in [-0.3, -0.25) is 4.79 Å². The monoisotopic (exact) mass is 336 g/mol. The number of nitrogens with one attached hydrogen (secondary N) is 1. The summed E-state index contributed by atoms with van der Waals surface area (Å²) in [5.41, 5.74) is 7.19. The van der Waals surface area contributed by atoms with Crippen LogP contribution in [-0.4, -0.2) is 30.7 Å². The molecule has 2 aliphatic rings. The first kappa shape index (κ1) is 16.7. The number of hydrogen-bond acceptors (Lipinski definition) is 3. The highest BCUT2D eigenvalue weighted by molar-refractivity contribution is 6.30. The first-order valence-electron chi connectivity index (χ1n) is 8.36. The number of amides is 1. The van der Waals surface area contributed by atoms with E-state index >= 15 is 0 Å². The molecule has 3 atom stereocenters. The average Bonchev–Trinajstić information content (AvgIpc) is 3.29. The summed E-state index contributed by atoms with van der Waals surface area (Å²) < 4.78 is 5.42. The van der Waals surface area contributed by atoms with E-state index in [1.807, 2.05) is 24.3 Å². The standard InChI is InChI=1S/C18H25ClN2O2/c1-23-16-10-13(4-7-15(16)20)17(22)21-18(8-9-18)11-12-2-5-14(19)6-3-12/h2-3,5-6,13,15-16H,4,7-11,20H2,1H3,(H,21,22)/t13-,15+,16+/m0/s1. The van der Waals surface area contributed by atoms with Crippen LogP contribution in [0, 0.1) is 5.92 Å². The fourth-order valence-corrected chi connectivity index (χ4v) is 3.64. The van der Waals surface area contributed by atoms with Gasteiger partial charge >= 0.3 is 0 Å². The van der Waals surface area contributed by atoms with Crippen LogP contribution in [0.15, 0.2) is 24.3 Å². The number of carbonyl (C=O) groups is 1. The van der Waals surface area contributed by atoms with Crippen LogP contribution in [0.4, 0.5) is 0 Å². The summed E-state index contributed by atoms with van der Waals surface area (Å²) in [5, 5.41) is 4.03. The predicted molar refractivity (Wildman–Crippen MR) is 91.4 cm³/mol. The van der Waals surface area contributed by atoms with Crippen molar-refractivity contribution in [3.63, 3.8) is 0 Å². The number of hydrogen-bond donors (Lipinski definition) is 2. The summed E-state index contributed by atoms with van der Waals surface area (Å²) in [6, 6.07) is 7.93. The molecule has 0 heterocycles. The van der Waals surface area contributed by atoms with Crippen molar-refractivity contribution in [1.82, 2.24) is 5.32 Å². The smallest absolute Gasteiger partial charge is 0.223 e. The molecule has 23 heavy (non-hydrogen) atoms. The molecule has 3 N–H and O–H groups in total. The van der Waals surface area contributed by atoms with Crippen molar-refractivity contribution in [2.45, 2.75) is 56.2 Å². The Hall–Kier alpha value is -1.10. The van der Waals surface area contributed by atoms with Gasteiger partial charge < -0.3 is 15.8 Å². The van der Waals surface area contributed by atoms with Crippen LogP contribution in [0.3, 0.4) is 0 Å². The van der Waals surface area contributed by atoms with Crippen molar-refractivity contribution >= 4 is 17.5 Å². The van der Waals surface area contributed by atoms with Gasteiger partial charge in [0.15, 0.2) is 0 Å². The maximum Gasteiger partial charge on any atom is 0.223 e. The predicted octanol–water partition coefficient (Wildman–Crippen LogP) is 2.67. The maximum absolute atomic E-state index is 12.6. The Bertz CT molecular complexity index is 557. The zero-order valence-electron chi connectivity index (χ0n) is 13.6. The molecule has 1 aromatic rings. The number of ether oxygens (including phenoxy) is 1. The minimum atomic E-state index is -0.0625. The van der Waals surface area contributed by atoms with Gasteiger partial charge in [0.1, 0.15) is 0 Å². The van der Waals surface area contributed by atoms with Crippen molar-refractivity contribution in [3.05, 3.63) is 34.9 Å². The van der Waals surface area contributed by atoms with Gasteiger partial charge in [-0.25, -0.2) is 0 Å². The highest BCUT2D eigenvalue weighted by Crippen LogP contribution is 2.39. The molecule has 2 saturated carbocycles. The fraction of sp³-hybridized carbons (Fsp3) is 0.611. The van der Waals surface area contributed by atoms with Crippen LogP contribution in [0.1, 0.15) is 37.7 Å². The molecule has 1 aromatic carbocycles. The molecule has 5 heteroatoms. The van der Waals surface area contributed by atoms with E-state index in [0.29, 0.717) is 0 Å². The fourth-order valence-electron chi connectivity index (χ4n) is 3.52. The third kappa shape index (κ3) is 4.06. The minimum absolute atomic E-state index is 0.00841. The number of methoxy groups -OCH3 is 1. The van der Waals surface area contributed by atoms with Crippen molar-refractivity contribution in [3.8, 4) is 0 Å². The van der Waals surface area contributed by atoms with Crippen LogP contribution >= 0.6 is 11.6 Å². The van der Waals surface area contributed by atoms with E-state index < -0.39 is 0 Å². The zero-order valence-corrected chi connectivity index (χ0v) is 14.3. The Balaban J connectivity index is 1.58. The number of halogens is 1. The lowest BCUT2D eigenvalue weighted by Crippen LogP contribution is -2.48. The lowest BCUT2D eigenvalue weighted by molar-refractivity contribution is -0.128. The lowest BCUT2D eigenvalue weighted by Gasteiger charge is -2.33. The normalized spacial score (nSPS) is 29.1. The molecule has 3 rings (SSSR count). The first-order valence-corrected chi connectivity index (χ1v) is 8.74. The number of nitrogens with two attached hydrogens (primary N) is 1. The molecule has 0 radical (unpaired) electrons. The van der Waals surface area contributed by atoms with Gasteiger partial charge in [-0.1, -0.05) is 23.7 Å². The summed E-state index contributed by atoms with van der Waals surface area (Å²) in [6.45, 7) is 0. The molecule has 0 aromatic heterocycles. The third-order valence-corrected chi connectivity index (χ3v) is 5.47. The summed E-state index contributed by atoms with van der Waals surface area (Å²) in [6.07, 6.45) is 5.37. The van der Waals surface area contributed by atoms with Gasteiger partial charge in [-0.05, 0) is 56.2 Å². The van der Waals surface area contributed by atoms with Gasteiger partial charge in [-0.15, -0.1) is 0 Å². The number of benzene rings is 1. The number of carbonyl (C=O) groups excluding carboxylic acids is 1. The SMILES string of the molecule is CO[C@@H]1C[C@@H](C(=O)NC2(Cc3ccc(Cl)cc3)CC2)CC[C@H]1N.